The lowest BCUT2D eigenvalue weighted by Crippen LogP contribution is -2.27. The fourth-order valence-electron chi connectivity index (χ4n) is 2.83. The second kappa shape index (κ2) is 8.60. The van der Waals surface area contributed by atoms with E-state index in [1.807, 2.05) is 31.2 Å². The summed E-state index contributed by atoms with van der Waals surface area (Å²) in [6.45, 7) is 4.66. The average Bonchev–Trinajstić information content (AvgIpc) is 3.17. The molecule has 2 heterocycles. The highest BCUT2D eigenvalue weighted by atomic mass is 79.9. The first-order chi connectivity index (χ1) is 11.1. The van der Waals surface area contributed by atoms with Gasteiger partial charge in [0.2, 0.25) is 0 Å². The molecule has 2 aromatic rings. The molecule has 1 aromatic carbocycles. The number of nitrogens with one attached hydrogen (secondary N) is 2. The van der Waals surface area contributed by atoms with Crippen molar-refractivity contribution in [3.63, 3.8) is 0 Å². The predicted molar refractivity (Wildman–Crippen MR) is 99.0 cm³/mol. The normalized spacial score (nSPS) is 16.7. The molecule has 1 unspecified atom stereocenters. The zero-order chi connectivity index (χ0) is 16.2. The minimum absolute atomic E-state index is 0. The standard InChI is InChI=1S/C16H20BrN5O.ClH/c1-11-15(16(23)19-8-6-12-5-7-18-10-12)20-21-22(11)14-4-2-3-13(17)9-14;/h2-4,9,12,18H,5-8,10H2,1H3,(H,19,23);1H. The van der Waals surface area contributed by atoms with Crippen molar-refractivity contribution in [2.45, 2.75) is 19.8 Å². The predicted octanol–water partition coefficient (Wildman–Crippen LogP) is 2.49. The Balaban J connectivity index is 0.00000208. The van der Waals surface area contributed by atoms with Crippen LogP contribution < -0.4 is 10.6 Å². The maximum Gasteiger partial charge on any atom is 0.273 e. The Kier molecular flexibility index (Phi) is 6.77. The molecular weight excluding hydrogens is 394 g/mol. The third kappa shape index (κ3) is 4.34. The van der Waals surface area contributed by atoms with Gasteiger partial charge in [0.1, 0.15) is 0 Å². The van der Waals surface area contributed by atoms with Crippen LogP contribution in [0.15, 0.2) is 28.7 Å². The van der Waals surface area contributed by atoms with Crippen molar-refractivity contribution < 1.29 is 4.79 Å². The molecule has 1 saturated heterocycles. The van der Waals surface area contributed by atoms with Gasteiger partial charge >= 0.3 is 0 Å². The number of amides is 1. The highest BCUT2D eigenvalue weighted by Gasteiger charge is 2.18. The third-order valence-electron chi connectivity index (χ3n) is 4.16. The summed E-state index contributed by atoms with van der Waals surface area (Å²) in [6.07, 6.45) is 2.19. The van der Waals surface area contributed by atoms with E-state index in [1.54, 1.807) is 4.68 Å². The molecule has 2 N–H and O–H groups in total. The molecule has 130 valence electrons. The quantitative estimate of drug-likeness (QED) is 0.788. The van der Waals surface area contributed by atoms with Gasteiger partial charge in [0.05, 0.1) is 11.4 Å². The van der Waals surface area contributed by atoms with Crippen LogP contribution in [0.25, 0.3) is 5.69 Å². The second-order valence-electron chi connectivity index (χ2n) is 5.82. The number of carbonyl (C=O) groups is 1. The van der Waals surface area contributed by atoms with Gasteiger partial charge in [-0.1, -0.05) is 27.2 Å². The minimum atomic E-state index is -0.158. The number of nitrogens with zero attached hydrogens (tertiary/aromatic N) is 3. The molecule has 3 rings (SSSR count). The summed E-state index contributed by atoms with van der Waals surface area (Å²) in [5, 5.41) is 14.4. The summed E-state index contributed by atoms with van der Waals surface area (Å²) in [5.74, 6) is 0.503. The van der Waals surface area contributed by atoms with Crippen molar-refractivity contribution >= 4 is 34.2 Å². The Hall–Kier alpha value is -1.44. The summed E-state index contributed by atoms with van der Waals surface area (Å²) in [6, 6.07) is 7.74. The Morgan fingerprint density at radius 1 is 1.50 bits per heavy atom. The zero-order valence-corrected chi connectivity index (χ0v) is 15.9. The highest BCUT2D eigenvalue weighted by molar-refractivity contribution is 9.10. The van der Waals surface area contributed by atoms with Crippen LogP contribution in [0, 0.1) is 12.8 Å². The molecule has 1 atom stereocenters. The van der Waals surface area contributed by atoms with Gasteiger partial charge in [0.15, 0.2) is 5.69 Å². The van der Waals surface area contributed by atoms with Crippen LogP contribution in [0.5, 0.6) is 0 Å². The van der Waals surface area contributed by atoms with Gasteiger partial charge < -0.3 is 10.6 Å². The number of hydrogen-bond acceptors (Lipinski definition) is 4. The maximum atomic E-state index is 12.3. The molecule has 1 amide bonds. The smallest absolute Gasteiger partial charge is 0.273 e. The summed E-state index contributed by atoms with van der Waals surface area (Å²) in [5.41, 5.74) is 2.00. The van der Waals surface area contributed by atoms with Gasteiger partial charge in [-0.25, -0.2) is 4.68 Å². The fourth-order valence-corrected chi connectivity index (χ4v) is 3.21. The summed E-state index contributed by atoms with van der Waals surface area (Å²) in [4.78, 5) is 12.3. The van der Waals surface area contributed by atoms with E-state index in [0.717, 1.165) is 35.4 Å². The van der Waals surface area contributed by atoms with Gasteiger partial charge in [-0.3, -0.25) is 4.79 Å². The van der Waals surface area contributed by atoms with Gasteiger partial charge in [-0.2, -0.15) is 0 Å². The Labute approximate surface area is 155 Å². The molecule has 1 aliphatic rings. The van der Waals surface area contributed by atoms with Gasteiger partial charge in [-0.15, -0.1) is 17.5 Å². The molecule has 24 heavy (non-hydrogen) atoms. The summed E-state index contributed by atoms with van der Waals surface area (Å²) < 4.78 is 2.64. The second-order valence-corrected chi connectivity index (χ2v) is 6.73. The number of carbonyl (C=O) groups excluding carboxylic acids is 1. The zero-order valence-electron chi connectivity index (χ0n) is 13.5. The van der Waals surface area contributed by atoms with E-state index in [-0.39, 0.29) is 18.3 Å². The lowest BCUT2D eigenvalue weighted by molar-refractivity contribution is 0.0946. The van der Waals surface area contributed by atoms with E-state index in [1.165, 1.54) is 6.42 Å². The number of halogens is 2. The van der Waals surface area contributed by atoms with Crippen LogP contribution in [0.3, 0.4) is 0 Å². The van der Waals surface area contributed by atoms with Crippen molar-refractivity contribution in [3.05, 3.63) is 40.1 Å². The van der Waals surface area contributed by atoms with Crippen molar-refractivity contribution in [1.82, 2.24) is 25.6 Å². The maximum absolute atomic E-state index is 12.3. The van der Waals surface area contributed by atoms with E-state index in [9.17, 15) is 4.79 Å². The van der Waals surface area contributed by atoms with Gasteiger partial charge in [0, 0.05) is 11.0 Å². The number of benzene rings is 1. The van der Waals surface area contributed by atoms with Crippen molar-refractivity contribution in [1.29, 1.82) is 0 Å². The van der Waals surface area contributed by atoms with Crippen molar-refractivity contribution in [2.75, 3.05) is 19.6 Å². The van der Waals surface area contributed by atoms with Gasteiger partial charge in [-0.05, 0) is 57.0 Å². The first kappa shape index (κ1) is 18.9. The van der Waals surface area contributed by atoms with Crippen LogP contribution in [0.4, 0.5) is 0 Å². The largest absolute Gasteiger partial charge is 0.351 e. The molecule has 0 aliphatic carbocycles. The molecule has 0 spiro atoms. The third-order valence-corrected chi connectivity index (χ3v) is 4.66. The number of hydrogen-bond donors (Lipinski definition) is 2. The monoisotopic (exact) mass is 413 g/mol. The van der Waals surface area contributed by atoms with Crippen molar-refractivity contribution in [2.24, 2.45) is 5.92 Å². The van der Waals surface area contributed by atoms with E-state index in [4.69, 9.17) is 0 Å². The number of rotatable bonds is 5. The van der Waals surface area contributed by atoms with E-state index in [2.05, 4.69) is 36.9 Å². The molecule has 0 bridgehead atoms. The Morgan fingerprint density at radius 3 is 3.04 bits per heavy atom. The average molecular weight is 415 g/mol. The van der Waals surface area contributed by atoms with Crippen LogP contribution in [-0.2, 0) is 0 Å². The van der Waals surface area contributed by atoms with E-state index in [0.29, 0.717) is 18.2 Å². The lowest BCUT2D eigenvalue weighted by Gasteiger charge is -2.09. The first-order valence-electron chi connectivity index (χ1n) is 7.82. The first-order valence-corrected chi connectivity index (χ1v) is 8.61. The molecule has 0 radical (unpaired) electrons. The fraction of sp³-hybridized carbons (Fsp3) is 0.438. The summed E-state index contributed by atoms with van der Waals surface area (Å²) >= 11 is 3.44. The molecular formula is C16H21BrClN5O. The van der Waals surface area contributed by atoms with E-state index >= 15 is 0 Å². The van der Waals surface area contributed by atoms with Gasteiger partial charge in [0.25, 0.3) is 5.91 Å². The van der Waals surface area contributed by atoms with Crippen LogP contribution in [0.1, 0.15) is 29.0 Å². The van der Waals surface area contributed by atoms with E-state index < -0.39 is 0 Å². The van der Waals surface area contributed by atoms with Crippen LogP contribution >= 0.6 is 28.3 Å². The minimum Gasteiger partial charge on any atom is -0.351 e. The highest BCUT2D eigenvalue weighted by Crippen LogP contribution is 2.17. The topological polar surface area (TPSA) is 71.8 Å². The summed E-state index contributed by atoms with van der Waals surface area (Å²) in [7, 11) is 0. The van der Waals surface area contributed by atoms with Crippen LogP contribution in [-0.4, -0.2) is 40.5 Å². The Morgan fingerprint density at radius 2 is 2.33 bits per heavy atom. The molecule has 6 nitrogen and oxygen atoms in total. The molecule has 1 fully saturated rings. The number of aromatic nitrogens is 3. The lowest BCUT2D eigenvalue weighted by atomic mass is 10.1. The van der Waals surface area contributed by atoms with Crippen molar-refractivity contribution in [3.8, 4) is 5.69 Å². The molecule has 1 aromatic heterocycles. The Bertz CT molecular complexity index is 700. The van der Waals surface area contributed by atoms with Crippen LogP contribution in [0.2, 0.25) is 0 Å². The SMILES string of the molecule is Cc1c(C(=O)NCCC2CCNC2)nnn1-c1cccc(Br)c1.Cl. The molecule has 0 saturated carbocycles. The molecule has 1 aliphatic heterocycles. The molecule has 8 heteroatoms.